The summed E-state index contributed by atoms with van der Waals surface area (Å²) in [5, 5.41) is 0. The number of hydrogen-bond acceptors (Lipinski definition) is 4. The topological polar surface area (TPSA) is 24.9 Å². The number of ether oxygens (including phenoxy) is 2. The van der Waals surface area contributed by atoms with Gasteiger partial charge in [-0.3, -0.25) is 4.90 Å². The molecule has 0 amide bonds. The Morgan fingerprint density at radius 3 is 2.40 bits per heavy atom. The minimum Gasteiger partial charge on any atom is -0.364 e. The second kappa shape index (κ2) is 5.92. The zero-order valence-corrected chi connectivity index (χ0v) is 17.1. The molecule has 0 spiro atoms. The second-order valence-electron chi connectivity index (χ2n) is 10.7. The van der Waals surface area contributed by atoms with E-state index in [2.05, 4.69) is 44.4 Å². The fourth-order valence-corrected chi connectivity index (χ4v) is 6.35. The number of nitrogens with zero attached hydrogens (tertiary/aromatic N) is 2. The monoisotopic (exact) mass is 350 g/mol. The Balaban J connectivity index is 1.56. The first kappa shape index (κ1) is 18.2. The highest BCUT2D eigenvalue weighted by atomic mass is 16.6. The zero-order chi connectivity index (χ0) is 17.9. The molecule has 3 unspecified atom stereocenters. The van der Waals surface area contributed by atoms with Crippen LogP contribution in [0.3, 0.4) is 0 Å². The largest absolute Gasteiger partial charge is 0.364 e. The lowest BCUT2D eigenvalue weighted by Crippen LogP contribution is -2.59. The average molecular weight is 351 g/mol. The Kier molecular flexibility index (Phi) is 4.31. The van der Waals surface area contributed by atoms with Gasteiger partial charge in [-0.2, -0.15) is 0 Å². The van der Waals surface area contributed by atoms with E-state index in [1.807, 2.05) is 0 Å². The molecule has 0 aromatic heterocycles. The summed E-state index contributed by atoms with van der Waals surface area (Å²) in [5.41, 5.74) is 0.881. The van der Waals surface area contributed by atoms with Crippen molar-refractivity contribution < 1.29 is 9.47 Å². The van der Waals surface area contributed by atoms with Gasteiger partial charge in [0.05, 0.1) is 18.8 Å². The predicted octanol–water partition coefficient (Wildman–Crippen LogP) is 3.85. The van der Waals surface area contributed by atoms with Crippen LogP contribution in [0.4, 0.5) is 0 Å². The van der Waals surface area contributed by atoms with Gasteiger partial charge in [0.15, 0.2) is 0 Å². The van der Waals surface area contributed by atoms with Gasteiger partial charge in [-0.05, 0) is 56.0 Å². The summed E-state index contributed by atoms with van der Waals surface area (Å²) in [6, 6.07) is 0. The molecule has 0 aromatic rings. The van der Waals surface area contributed by atoms with Crippen LogP contribution in [-0.2, 0) is 9.47 Å². The van der Waals surface area contributed by atoms with Crippen LogP contribution >= 0.6 is 0 Å². The van der Waals surface area contributed by atoms with Crippen molar-refractivity contribution in [2.45, 2.75) is 90.4 Å². The van der Waals surface area contributed by atoms with Crippen LogP contribution in [0, 0.1) is 10.8 Å². The van der Waals surface area contributed by atoms with E-state index in [9.17, 15) is 0 Å². The van der Waals surface area contributed by atoms with Crippen molar-refractivity contribution in [1.29, 1.82) is 0 Å². The van der Waals surface area contributed by atoms with E-state index >= 15 is 0 Å². The lowest BCUT2D eigenvalue weighted by atomic mass is 9.64. The van der Waals surface area contributed by atoms with Gasteiger partial charge in [0.2, 0.25) is 0 Å². The Morgan fingerprint density at radius 2 is 1.64 bits per heavy atom. The van der Waals surface area contributed by atoms with Gasteiger partial charge in [-0.15, -0.1) is 0 Å². The molecule has 144 valence electrons. The lowest BCUT2D eigenvalue weighted by molar-refractivity contribution is -0.0815. The molecule has 0 radical (unpaired) electrons. The van der Waals surface area contributed by atoms with Crippen molar-refractivity contribution in [1.82, 2.24) is 9.80 Å². The predicted molar refractivity (Wildman–Crippen MR) is 100 cm³/mol. The fraction of sp³-hybridized carbons (Fsp3) is 1.00. The molecule has 4 heterocycles. The van der Waals surface area contributed by atoms with E-state index < -0.39 is 0 Å². The van der Waals surface area contributed by atoms with Crippen LogP contribution in [0.15, 0.2) is 0 Å². The van der Waals surface area contributed by atoms with E-state index in [0.717, 1.165) is 26.4 Å². The summed E-state index contributed by atoms with van der Waals surface area (Å²) < 4.78 is 12.4. The molecule has 0 saturated carbocycles. The van der Waals surface area contributed by atoms with E-state index in [4.69, 9.17) is 9.47 Å². The van der Waals surface area contributed by atoms with Crippen LogP contribution in [0.5, 0.6) is 0 Å². The first-order chi connectivity index (χ1) is 11.7. The smallest absolute Gasteiger partial charge is 0.113 e. The second-order valence-corrected chi connectivity index (χ2v) is 10.7. The summed E-state index contributed by atoms with van der Waals surface area (Å²) in [7, 11) is 0. The number of piperidine rings is 1. The lowest BCUT2D eigenvalue weighted by Gasteiger charge is -2.54. The third kappa shape index (κ3) is 2.55. The molecular formula is C21H38N2O2. The normalized spacial score (nSPS) is 40.4. The molecule has 4 heteroatoms. The third-order valence-corrected chi connectivity index (χ3v) is 8.22. The van der Waals surface area contributed by atoms with Gasteiger partial charge in [0.25, 0.3) is 0 Å². The Bertz CT molecular complexity index is 515. The Hall–Kier alpha value is -0.160. The number of fused-ring (bicyclic) bond motifs is 2. The van der Waals surface area contributed by atoms with Gasteiger partial charge in [-0.1, -0.05) is 41.0 Å². The summed E-state index contributed by atoms with van der Waals surface area (Å²) in [6.45, 7) is 17.0. The molecule has 0 aliphatic carbocycles. The Labute approximate surface area is 154 Å². The number of rotatable bonds is 3. The molecule has 4 saturated heterocycles. The molecule has 0 aromatic carbocycles. The molecule has 4 aliphatic heterocycles. The first-order valence-corrected chi connectivity index (χ1v) is 10.4. The molecule has 0 bridgehead atoms. The maximum atomic E-state index is 6.45. The maximum absolute atomic E-state index is 6.45. The van der Waals surface area contributed by atoms with Crippen LogP contribution < -0.4 is 0 Å². The quantitative estimate of drug-likeness (QED) is 0.772. The molecule has 4 fully saturated rings. The summed E-state index contributed by atoms with van der Waals surface area (Å²) in [4.78, 5) is 5.37. The summed E-state index contributed by atoms with van der Waals surface area (Å²) in [6.07, 6.45) is 8.20. The van der Waals surface area contributed by atoms with Crippen molar-refractivity contribution in [3.63, 3.8) is 0 Å². The highest BCUT2D eigenvalue weighted by molar-refractivity contribution is 5.11. The average Bonchev–Trinajstić information content (AvgIpc) is 3.21. The van der Waals surface area contributed by atoms with Crippen molar-refractivity contribution >= 4 is 0 Å². The third-order valence-electron chi connectivity index (χ3n) is 8.22. The summed E-state index contributed by atoms with van der Waals surface area (Å²) in [5.74, 6) is 0. The molecule has 4 rings (SSSR count). The van der Waals surface area contributed by atoms with Gasteiger partial charge in [0, 0.05) is 5.54 Å². The van der Waals surface area contributed by atoms with E-state index in [-0.39, 0.29) is 22.6 Å². The fourth-order valence-electron chi connectivity index (χ4n) is 6.35. The van der Waals surface area contributed by atoms with Gasteiger partial charge >= 0.3 is 0 Å². The highest BCUT2D eigenvalue weighted by Crippen LogP contribution is 2.54. The first-order valence-electron chi connectivity index (χ1n) is 10.4. The summed E-state index contributed by atoms with van der Waals surface area (Å²) >= 11 is 0. The van der Waals surface area contributed by atoms with Gasteiger partial charge in [-0.25, -0.2) is 4.90 Å². The van der Waals surface area contributed by atoms with Crippen molar-refractivity contribution in [2.24, 2.45) is 10.8 Å². The molecule has 25 heavy (non-hydrogen) atoms. The van der Waals surface area contributed by atoms with Gasteiger partial charge < -0.3 is 9.47 Å². The van der Waals surface area contributed by atoms with Crippen molar-refractivity contribution in [2.75, 3.05) is 33.0 Å². The van der Waals surface area contributed by atoms with Crippen LogP contribution in [0.1, 0.15) is 73.1 Å². The minimum atomic E-state index is 0.0489. The molecule has 4 aliphatic rings. The Morgan fingerprint density at radius 1 is 0.920 bits per heavy atom. The van der Waals surface area contributed by atoms with Crippen molar-refractivity contribution in [3.8, 4) is 0 Å². The van der Waals surface area contributed by atoms with E-state index in [1.54, 1.807) is 0 Å². The van der Waals surface area contributed by atoms with Crippen LogP contribution in [-0.4, -0.2) is 60.1 Å². The maximum Gasteiger partial charge on any atom is 0.113 e. The van der Waals surface area contributed by atoms with Crippen molar-refractivity contribution in [3.05, 3.63) is 0 Å². The highest BCUT2D eigenvalue weighted by Gasteiger charge is 2.60. The molecule has 3 atom stereocenters. The standard InChI is InChI=1S/C21H38N2O2/c1-18(2,3)21-14-24-16-23(21)17(25-15-21)13-19(4,5)20-9-6-7-11-22(20)12-8-10-20/h17H,6-16H2,1-5H3. The van der Waals surface area contributed by atoms with Crippen LogP contribution in [0.2, 0.25) is 0 Å². The van der Waals surface area contributed by atoms with Crippen LogP contribution in [0.25, 0.3) is 0 Å². The molecule has 0 N–H and O–H groups in total. The molecule has 4 nitrogen and oxygen atoms in total. The zero-order valence-electron chi connectivity index (χ0n) is 17.1. The SMILES string of the molecule is CC(C)(C)C12COCN1C(CC(C)(C)C13CCCCN1CCC3)OC2. The van der Waals surface area contributed by atoms with Gasteiger partial charge in [0.1, 0.15) is 13.0 Å². The molecular weight excluding hydrogens is 312 g/mol. The van der Waals surface area contributed by atoms with E-state index in [1.165, 1.54) is 45.2 Å². The minimum absolute atomic E-state index is 0.0489. The number of hydrogen-bond donors (Lipinski definition) is 0. The van der Waals surface area contributed by atoms with E-state index in [0.29, 0.717) is 5.54 Å².